The van der Waals surface area contributed by atoms with Crippen molar-refractivity contribution < 1.29 is 4.74 Å². The van der Waals surface area contributed by atoms with Gasteiger partial charge in [0.05, 0.1) is 19.0 Å². The van der Waals surface area contributed by atoms with E-state index in [0.717, 1.165) is 11.4 Å². The van der Waals surface area contributed by atoms with E-state index in [1.54, 1.807) is 7.11 Å². The Morgan fingerprint density at radius 1 is 1.35 bits per heavy atom. The van der Waals surface area contributed by atoms with Crippen molar-refractivity contribution in [2.45, 2.75) is 0 Å². The molecule has 0 fully saturated rings. The van der Waals surface area contributed by atoms with Crippen LogP contribution in [0.5, 0.6) is 5.75 Å². The van der Waals surface area contributed by atoms with Crippen molar-refractivity contribution in [3.05, 3.63) is 30.5 Å². The SMILES string of the molecule is COc1ccccc1NC(=S)Nc1cn[nH]n1. The topological polar surface area (TPSA) is 74.9 Å². The van der Waals surface area contributed by atoms with E-state index in [0.29, 0.717) is 10.9 Å². The lowest BCUT2D eigenvalue weighted by Gasteiger charge is -2.11. The zero-order valence-corrected chi connectivity index (χ0v) is 9.91. The zero-order chi connectivity index (χ0) is 12.1. The van der Waals surface area contributed by atoms with Gasteiger partial charge >= 0.3 is 0 Å². The number of para-hydroxylation sites is 2. The van der Waals surface area contributed by atoms with Crippen LogP contribution in [-0.2, 0) is 0 Å². The van der Waals surface area contributed by atoms with Crippen LogP contribution in [0.3, 0.4) is 0 Å². The summed E-state index contributed by atoms with van der Waals surface area (Å²) in [7, 11) is 1.61. The van der Waals surface area contributed by atoms with Crippen molar-refractivity contribution in [2.75, 3.05) is 17.7 Å². The number of benzene rings is 1. The normalized spacial score (nSPS) is 9.71. The summed E-state index contributed by atoms with van der Waals surface area (Å²) >= 11 is 5.13. The monoisotopic (exact) mass is 249 g/mol. The van der Waals surface area contributed by atoms with Crippen LogP contribution in [-0.4, -0.2) is 27.6 Å². The lowest BCUT2D eigenvalue weighted by molar-refractivity contribution is 0.417. The third-order valence-electron chi connectivity index (χ3n) is 2.01. The molecule has 6 nitrogen and oxygen atoms in total. The van der Waals surface area contributed by atoms with E-state index in [9.17, 15) is 0 Å². The van der Waals surface area contributed by atoms with Gasteiger partial charge in [0.25, 0.3) is 0 Å². The lowest BCUT2D eigenvalue weighted by atomic mass is 10.3. The van der Waals surface area contributed by atoms with Gasteiger partial charge in [-0.1, -0.05) is 12.1 Å². The van der Waals surface area contributed by atoms with E-state index in [4.69, 9.17) is 17.0 Å². The minimum absolute atomic E-state index is 0.420. The standard InChI is InChI=1S/C10H11N5OS/c1-16-8-5-3-2-4-7(8)12-10(17)13-9-6-11-15-14-9/h2-6H,1H3,(H3,11,12,13,14,15,17). The Labute approximate surface area is 103 Å². The maximum atomic E-state index is 5.20. The van der Waals surface area contributed by atoms with Gasteiger partial charge in [-0.25, -0.2) is 0 Å². The van der Waals surface area contributed by atoms with Gasteiger partial charge in [0.2, 0.25) is 0 Å². The highest BCUT2D eigenvalue weighted by atomic mass is 32.1. The summed E-state index contributed by atoms with van der Waals surface area (Å²) < 4.78 is 5.20. The fraction of sp³-hybridized carbons (Fsp3) is 0.100. The second kappa shape index (κ2) is 5.26. The van der Waals surface area contributed by atoms with Crippen LogP contribution in [0.15, 0.2) is 30.5 Å². The van der Waals surface area contributed by atoms with Crippen LogP contribution in [0.2, 0.25) is 0 Å². The van der Waals surface area contributed by atoms with Crippen LogP contribution in [0, 0.1) is 0 Å². The third-order valence-corrected chi connectivity index (χ3v) is 2.22. The first kappa shape index (κ1) is 11.3. The number of nitrogens with zero attached hydrogens (tertiary/aromatic N) is 2. The molecule has 0 atom stereocenters. The van der Waals surface area contributed by atoms with Gasteiger partial charge in [-0.2, -0.15) is 10.3 Å². The summed E-state index contributed by atoms with van der Waals surface area (Å²) in [5.41, 5.74) is 0.788. The third kappa shape index (κ3) is 2.91. The zero-order valence-electron chi connectivity index (χ0n) is 9.10. The second-order valence-corrected chi connectivity index (χ2v) is 3.54. The molecule has 2 rings (SSSR count). The first-order chi connectivity index (χ1) is 8.29. The number of hydrogen-bond acceptors (Lipinski definition) is 4. The molecule has 0 spiro atoms. The van der Waals surface area contributed by atoms with Crippen molar-refractivity contribution in [2.24, 2.45) is 0 Å². The minimum Gasteiger partial charge on any atom is -0.495 e. The average molecular weight is 249 g/mol. The lowest BCUT2D eigenvalue weighted by Crippen LogP contribution is -2.19. The van der Waals surface area contributed by atoms with Gasteiger partial charge in [0, 0.05) is 0 Å². The highest BCUT2D eigenvalue weighted by Gasteiger charge is 2.04. The molecular weight excluding hydrogens is 238 g/mol. The molecule has 0 saturated carbocycles. The quantitative estimate of drug-likeness (QED) is 0.718. The smallest absolute Gasteiger partial charge is 0.176 e. The predicted molar refractivity (Wildman–Crippen MR) is 69.2 cm³/mol. The number of aromatic amines is 1. The minimum atomic E-state index is 0.420. The maximum absolute atomic E-state index is 5.20. The highest BCUT2D eigenvalue weighted by molar-refractivity contribution is 7.80. The number of hydrogen-bond donors (Lipinski definition) is 3. The molecule has 7 heteroatoms. The Balaban J connectivity index is 2.03. The molecule has 0 aliphatic heterocycles. The van der Waals surface area contributed by atoms with E-state index >= 15 is 0 Å². The largest absolute Gasteiger partial charge is 0.495 e. The van der Waals surface area contributed by atoms with Crippen LogP contribution >= 0.6 is 12.2 Å². The summed E-state index contributed by atoms with van der Waals surface area (Å²) in [5, 5.41) is 16.3. The van der Waals surface area contributed by atoms with E-state index in [1.165, 1.54) is 6.20 Å². The van der Waals surface area contributed by atoms with Gasteiger partial charge in [-0.15, -0.1) is 5.10 Å². The highest BCUT2D eigenvalue weighted by Crippen LogP contribution is 2.22. The molecule has 2 aromatic rings. The van der Waals surface area contributed by atoms with Crippen molar-refractivity contribution >= 4 is 28.8 Å². The Morgan fingerprint density at radius 2 is 2.18 bits per heavy atom. The summed E-state index contributed by atoms with van der Waals surface area (Å²) in [6, 6.07) is 7.50. The number of rotatable bonds is 3. The van der Waals surface area contributed by atoms with Crippen LogP contribution in [0.4, 0.5) is 11.5 Å². The Kier molecular flexibility index (Phi) is 3.51. The first-order valence-electron chi connectivity index (χ1n) is 4.86. The van der Waals surface area contributed by atoms with Crippen molar-refractivity contribution in [1.82, 2.24) is 15.4 Å². The van der Waals surface area contributed by atoms with E-state index in [1.807, 2.05) is 24.3 Å². The van der Waals surface area contributed by atoms with Crippen molar-refractivity contribution in [1.29, 1.82) is 0 Å². The fourth-order valence-electron chi connectivity index (χ4n) is 1.28. The molecule has 0 bridgehead atoms. The molecule has 3 N–H and O–H groups in total. The maximum Gasteiger partial charge on any atom is 0.176 e. The number of nitrogens with one attached hydrogen (secondary N) is 3. The summed E-state index contributed by atoms with van der Waals surface area (Å²) in [5.74, 6) is 1.27. The molecule has 17 heavy (non-hydrogen) atoms. The molecule has 0 aliphatic carbocycles. The van der Waals surface area contributed by atoms with Gasteiger partial charge in [0.1, 0.15) is 5.75 Å². The molecule has 1 aromatic carbocycles. The summed E-state index contributed by atoms with van der Waals surface area (Å²) in [6.07, 6.45) is 1.54. The Morgan fingerprint density at radius 3 is 2.88 bits per heavy atom. The molecule has 1 aromatic heterocycles. The van der Waals surface area contributed by atoms with Gasteiger partial charge in [0.15, 0.2) is 10.9 Å². The number of thiocarbonyl (C=S) groups is 1. The second-order valence-electron chi connectivity index (χ2n) is 3.13. The summed E-state index contributed by atoms with van der Waals surface area (Å²) in [6.45, 7) is 0. The fourth-order valence-corrected chi connectivity index (χ4v) is 1.49. The number of H-pyrrole nitrogens is 1. The van der Waals surface area contributed by atoms with E-state index in [-0.39, 0.29) is 0 Å². The number of methoxy groups -OCH3 is 1. The van der Waals surface area contributed by atoms with Gasteiger partial charge < -0.3 is 15.4 Å². The van der Waals surface area contributed by atoms with Gasteiger partial charge in [-0.3, -0.25) is 0 Å². The van der Waals surface area contributed by atoms with Crippen LogP contribution < -0.4 is 15.4 Å². The average Bonchev–Trinajstić information content (AvgIpc) is 2.82. The van der Waals surface area contributed by atoms with Crippen molar-refractivity contribution in [3.63, 3.8) is 0 Å². The number of anilines is 2. The number of aromatic nitrogens is 3. The molecule has 0 unspecified atom stereocenters. The molecular formula is C10H11N5OS. The van der Waals surface area contributed by atoms with E-state index in [2.05, 4.69) is 26.0 Å². The van der Waals surface area contributed by atoms with Crippen molar-refractivity contribution in [3.8, 4) is 5.75 Å². The van der Waals surface area contributed by atoms with Crippen LogP contribution in [0.25, 0.3) is 0 Å². The molecule has 0 saturated heterocycles. The molecule has 88 valence electrons. The molecule has 0 radical (unpaired) electrons. The Bertz CT molecular complexity index is 499. The summed E-state index contributed by atoms with van der Waals surface area (Å²) in [4.78, 5) is 0. The predicted octanol–water partition coefficient (Wildman–Crippen LogP) is 1.62. The first-order valence-corrected chi connectivity index (χ1v) is 5.27. The molecule has 0 aliphatic rings. The van der Waals surface area contributed by atoms with E-state index < -0.39 is 0 Å². The van der Waals surface area contributed by atoms with Gasteiger partial charge in [-0.05, 0) is 24.4 Å². The number of ether oxygens (including phenoxy) is 1. The Hall–Kier alpha value is -2.15. The molecule has 0 amide bonds. The molecule has 1 heterocycles. The van der Waals surface area contributed by atoms with Crippen LogP contribution in [0.1, 0.15) is 0 Å².